The van der Waals surface area contributed by atoms with Gasteiger partial charge < -0.3 is 42.1 Å². The normalized spacial score (nSPS) is 17.1. The third-order valence-corrected chi connectivity index (χ3v) is 5.68. The molecule has 0 radical (unpaired) electrons. The first-order chi connectivity index (χ1) is 16.3. The molecule has 0 aliphatic rings. The first-order valence-electron chi connectivity index (χ1n) is 11.3. The molecule has 1 aromatic carbocycles. The van der Waals surface area contributed by atoms with Crippen molar-refractivity contribution < 1.29 is 39.6 Å². The van der Waals surface area contributed by atoms with E-state index in [-0.39, 0.29) is 18.1 Å². The molecule has 0 aromatic heterocycles. The van der Waals surface area contributed by atoms with Gasteiger partial charge in [-0.3, -0.25) is 14.4 Å². The van der Waals surface area contributed by atoms with Gasteiger partial charge in [-0.15, -0.1) is 0 Å². The number of aliphatic carboxylic acids is 1. The maximum atomic E-state index is 13.0. The highest BCUT2D eigenvalue weighted by Gasteiger charge is 2.34. The number of carboxylic acid groups (broad SMARTS) is 1. The number of aliphatic hydroxyl groups excluding tert-OH is 2. The molecule has 0 heterocycles. The summed E-state index contributed by atoms with van der Waals surface area (Å²) in [6.07, 6.45) is -2.27. The number of rotatable bonds is 13. The number of carbonyl (C=O) groups is 4. The zero-order chi connectivity index (χ0) is 26.9. The zero-order valence-corrected chi connectivity index (χ0v) is 20.3. The lowest BCUT2D eigenvalue weighted by Gasteiger charge is -2.27. The van der Waals surface area contributed by atoms with Crippen LogP contribution in [0.25, 0.3) is 0 Å². The highest BCUT2D eigenvalue weighted by atomic mass is 16.4. The van der Waals surface area contributed by atoms with Crippen LogP contribution < -0.4 is 21.7 Å². The predicted molar refractivity (Wildman–Crippen MR) is 126 cm³/mol. The van der Waals surface area contributed by atoms with E-state index in [0.717, 1.165) is 0 Å². The van der Waals surface area contributed by atoms with Gasteiger partial charge in [-0.05, 0) is 37.5 Å². The number of aliphatic hydroxyl groups is 2. The maximum absolute atomic E-state index is 13.0. The van der Waals surface area contributed by atoms with E-state index in [2.05, 4.69) is 16.0 Å². The smallest absolute Gasteiger partial charge is 0.328 e. The lowest BCUT2D eigenvalue weighted by Crippen LogP contribution is -2.61. The second-order valence-electron chi connectivity index (χ2n) is 8.64. The molecule has 196 valence electrons. The average Bonchev–Trinajstić information content (AvgIpc) is 2.79. The minimum atomic E-state index is -1.64. The van der Waals surface area contributed by atoms with Crippen molar-refractivity contribution in [1.29, 1.82) is 0 Å². The minimum Gasteiger partial charge on any atom is -0.508 e. The third kappa shape index (κ3) is 9.15. The van der Waals surface area contributed by atoms with Gasteiger partial charge in [0, 0.05) is 6.42 Å². The lowest BCUT2D eigenvalue weighted by atomic mass is 9.98. The van der Waals surface area contributed by atoms with Crippen LogP contribution in [0.3, 0.4) is 0 Å². The SMILES string of the molecule is CCC(C)C(N)C(=O)NC(C(=O)NC(Cc1ccc(O)cc1)C(=O)NC(C(=O)O)C(C)O)C(C)O. The number of hydrogen-bond acceptors (Lipinski definition) is 8. The Morgan fingerprint density at radius 3 is 1.83 bits per heavy atom. The van der Waals surface area contributed by atoms with Gasteiger partial charge in [-0.25, -0.2) is 4.79 Å². The molecule has 9 N–H and O–H groups in total. The molecule has 0 saturated heterocycles. The molecule has 0 bridgehead atoms. The molecule has 0 saturated carbocycles. The molecular formula is C23H36N4O8. The Kier molecular flexibility index (Phi) is 11.6. The van der Waals surface area contributed by atoms with Gasteiger partial charge in [0.2, 0.25) is 17.7 Å². The average molecular weight is 497 g/mol. The van der Waals surface area contributed by atoms with Gasteiger partial charge in [0.15, 0.2) is 6.04 Å². The molecule has 12 nitrogen and oxygen atoms in total. The summed E-state index contributed by atoms with van der Waals surface area (Å²) in [5, 5.41) is 45.6. The first kappa shape index (κ1) is 29.8. The Morgan fingerprint density at radius 1 is 0.857 bits per heavy atom. The Hall–Kier alpha value is -3.22. The van der Waals surface area contributed by atoms with E-state index < -0.39 is 60.1 Å². The second kappa shape index (κ2) is 13.6. The Morgan fingerprint density at radius 2 is 1.37 bits per heavy atom. The summed E-state index contributed by atoms with van der Waals surface area (Å²) >= 11 is 0. The quantitative estimate of drug-likeness (QED) is 0.161. The molecule has 0 spiro atoms. The van der Waals surface area contributed by atoms with Crippen LogP contribution in [-0.4, -0.2) is 80.5 Å². The van der Waals surface area contributed by atoms with Crippen molar-refractivity contribution in [2.75, 3.05) is 0 Å². The summed E-state index contributed by atoms with van der Waals surface area (Å²) in [5.41, 5.74) is 6.42. The number of phenols is 1. The Labute approximate surface area is 203 Å². The minimum absolute atomic E-state index is 0.0200. The van der Waals surface area contributed by atoms with Crippen molar-refractivity contribution in [3.8, 4) is 5.75 Å². The summed E-state index contributed by atoms with van der Waals surface area (Å²) in [7, 11) is 0. The zero-order valence-electron chi connectivity index (χ0n) is 20.3. The van der Waals surface area contributed by atoms with Gasteiger partial charge in [0.05, 0.1) is 18.2 Å². The van der Waals surface area contributed by atoms with E-state index >= 15 is 0 Å². The van der Waals surface area contributed by atoms with Gasteiger partial charge >= 0.3 is 5.97 Å². The molecule has 0 aliphatic carbocycles. The molecule has 0 aliphatic heterocycles. The number of carbonyl (C=O) groups excluding carboxylic acids is 3. The van der Waals surface area contributed by atoms with Crippen LogP contribution in [-0.2, 0) is 25.6 Å². The summed E-state index contributed by atoms with van der Waals surface area (Å²) in [5.74, 6) is -4.14. The highest BCUT2D eigenvalue weighted by Crippen LogP contribution is 2.12. The van der Waals surface area contributed by atoms with E-state index in [4.69, 9.17) is 5.73 Å². The predicted octanol–water partition coefficient (Wildman–Crippen LogP) is -1.39. The summed E-state index contributed by atoms with van der Waals surface area (Å²) in [6, 6.07) is 0.409. The standard InChI is InChI=1S/C23H36N4O8/c1-5-11(2)17(24)21(32)26-18(12(3)28)22(33)25-16(10-14-6-8-15(30)9-7-14)20(31)27-19(13(4)29)23(34)35/h6-9,11-13,16-19,28-30H,5,10,24H2,1-4H3,(H,25,33)(H,26,32)(H,27,31)(H,34,35). The van der Waals surface area contributed by atoms with Crippen molar-refractivity contribution in [2.45, 2.75) is 76.9 Å². The van der Waals surface area contributed by atoms with Crippen molar-refractivity contribution in [1.82, 2.24) is 16.0 Å². The van der Waals surface area contributed by atoms with Crippen molar-refractivity contribution in [3.05, 3.63) is 29.8 Å². The van der Waals surface area contributed by atoms with Gasteiger partial charge in [-0.2, -0.15) is 0 Å². The Bertz CT molecular complexity index is 875. The number of carboxylic acids is 1. The molecule has 1 aromatic rings. The van der Waals surface area contributed by atoms with Crippen LogP contribution in [0.15, 0.2) is 24.3 Å². The van der Waals surface area contributed by atoms with Crippen molar-refractivity contribution in [3.63, 3.8) is 0 Å². The van der Waals surface area contributed by atoms with E-state index in [1.165, 1.54) is 38.1 Å². The van der Waals surface area contributed by atoms with Gasteiger partial charge in [0.1, 0.15) is 17.8 Å². The van der Waals surface area contributed by atoms with Crippen LogP contribution in [0.2, 0.25) is 0 Å². The molecule has 7 atom stereocenters. The van der Waals surface area contributed by atoms with E-state index in [9.17, 15) is 39.6 Å². The molecule has 3 amide bonds. The van der Waals surface area contributed by atoms with E-state index in [1.807, 2.05) is 6.92 Å². The number of amides is 3. The number of hydrogen-bond donors (Lipinski definition) is 8. The molecule has 1 rings (SSSR count). The van der Waals surface area contributed by atoms with Crippen molar-refractivity contribution >= 4 is 23.7 Å². The number of aromatic hydroxyl groups is 1. The van der Waals surface area contributed by atoms with E-state index in [1.54, 1.807) is 6.92 Å². The summed E-state index contributed by atoms with van der Waals surface area (Å²) in [6.45, 7) is 6.08. The van der Waals surface area contributed by atoms with E-state index in [0.29, 0.717) is 12.0 Å². The van der Waals surface area contributed by atoms with Crippen LogP contribution in [0, 0.1) is 5.92 Å². The Balaban J connectivity index is 3.14. The van der Waals surface area contributed by atoms with Crippen LogP contribution in [0.5, 0.6) is 5.75 Å². The van der Waals surface area contributed by atoms with Crippen molar-refractivity contribution in [2.24, 2.45) is 11.7 Å². The molecule has 0 fully saturated rings. The fraction of sp³-hybridized carbons (Fsp3) is 0.565. The molecule has 7 unspecified atom stereocenters. The maximum Gasteiger partial charge on any atom is 0.328 e. The highest BCUT2D eigenvalue weighted by molar-refractivity contribution is 5.94. The molecule has 35 heavy (non-hydrogen) atoms. The van der Waals surface area contributed by atoms with Crippen LogP contribution in [0.1, 0.15) is 39.7 Å². The second-order valence-corrected chi connectivity index (χ2v) is 8.64. The summed E-state index contributed by atoms with van der Waals surface area (Å²) < 4.78 is 0. The van der Waals surface area contributed by atoms with Gasteiger partial charge in [0.25, 0.3) is 0 Å². The number of benzene rings is 1. The first-order valence-corrected chi connectivity index (χ1v) is 11.3. The van der Waals surface area contributed by atoms with Gasteiger partial charge in [-0.1, -0.05) is 32.4 Å². The molecule has 12 heteroatoms. The molecular weight excluding hydrogens is 460 g/mol. The number of phenolic OH excluding ortho intramolecular Hbond substituents is 1. The topological polar surface area (TPSA) is 211 Å². The monoisotopic (exact) mass is 496 g/mol. The van der Waals surface area contributed by atoms with Crippen LogP contribution >= 0.6 is 0 Å². The number of nitrogens with two attached hydrogens (primary N) is 1. The fourth-order valence-electron chi connectivity index (χ4n) is 3.15. The third-order valence-electron chi connectivity index (χ3n) is 5.68. The fourth-order valence-corrected chi connectivity index (χ4v) is 3.15. The number of nitrogens with one attached hydrogen (secondary N) is 3. The van der Waals surface area contributed by atoms with Crippen LogP contribution in [0.4, 0.5) is 0 Å². The lowest BCUT2D eigenvalue weighted by molar-refractivity contribution is -0.145. The summed E-state index contributed by atoms with van der Waals surface area (Å²) in [4.78, 5) is 49.8. The largest absolute Gasteiger partial charge is 0.508 e.